The first-order valence-electron chi connectivity index (χ1n) is 6.05. The van der Waals surface area contributed by atoms with Crippen LogP contribution >= 0.6 is 0 Å². The first-order valence-corrected chi connectivity index (χ1v) is 6.05. The van der Waals surface area contributed by atoms with E-state index in [1.807, 2.05) is 24.3 Å². The molecule has 18 heavy (non-hydrogen) atoms. The third-order valence-electron chi connectivity index (χ3n) is 2.98. The molecule has 0 bridgehead atoms. The van der Waals surface area contributed by atoms with Crippen LogP contribution in [0, 0.1) is 17.8 Å². The second-order valence-corrected chi connectivity index (χ2v) is 4.34. The number of ether oxygens (including phenoxy) is 1. The summed E-state index contributed by atoms with van der Waals surface area (Å²) in [6.45, 7) is 0. The van der Waals surface area contributed by atoms with Crippen LogP contribution < -0.4 is 4.74 Å². The van der Waals surface area contributed by atoms with Gasteiger partial charge in [-0.15, -0.1) is 5.10 Å². The number of nitrogens with one attached hydrogen (secondary N) is 1. The molecule has 0 aliphatic heterocycles. The average Bonchev–Trinajstić information content (AvgIpc) is 2.80. The first kappa shape index (κ1) is 10.8. The van der Waals surface area contributed by atoms with Crippen molar-refractivity contribution in [2.75, 3.05) is 0 Å². The van der Waals surface area contributed by atoms with Gasteiger partial charge in [-0.05, 0) is 31.0 Å². The summed E-state index contributed by atoms with van der Waals surface area (Å²) in [4.78, 5) is 0. The van der Waals surface area contributed by atoms with Gasteiger partial charge in [0.2, 0.25) is 0 Å². The van der Waals surface area contributed by atoms with Gasteiger partial charge in [-0.25, -0.2) is 0 Å². The molecule has 0 saturated heterocycles. The molecule has 1 aromatic heterocycles. The lowest BCUT2D eigenvalue weighted by Crippen LogP contribution is -2.07. The molecule has 0 spiro atoms. The number of rotatable bonds is 2. The largest absolute Gasteiger partial charge is 0.436 e. The maximum Gasteiger partial charge on any atom is 0.258 e. The van der Waals surface area contributed by atoms with Crippen LogP contribution in [0.15, 0.2) is 30.5 Å². The van der Waals surface area contributed by atoms with Crippen LogP contribution in [0.25, 0.3) is 0 Å². The normalized spacial score (nSPS) is 14.4. The van der Waals surface area contributed by atoms with Crippen molar-refractivity contribution in [3.8, 4) is 23.5 Å². The van der Waals surface area contributed by atoms with Crippen molar-refractivity contribution in [1.82, 2.24) is 15.4 Å². The highest BCUT2D eigenvalue weighted by Gasteiger charge is 2.13. The molecule has 1 fully saturated rings. The minimum Gasteiger partial charge on any atom is -0.436 e. The fourth-order valence-corrected chi connectivity index (χ4v) is 1.74. The molecule has 1 aliphatic rings. The molecular weight excluding hydrogens is 226 g/mol. The van der Waals surface area contributed by atoms with Crippen molar-refractivity contribution in [3.05, 3.63) is 36.0 Å². The van der Waals surface area contributed by atoms with Crippen LogP contribution in [0.1, 0.15) is 24.8 Å². The van der Waals surface area contributed by atoms with Crippen LogP contribution in [0.2, 0.25) is 0 Å². The van der Waals surface area contributed by atoms with Gasteiger partial charge >= 0.3 is 0 Å². The van der Waals surface area contributed by atoms with E-state index in [1.54, 1.807) is 0 Å². The summed E-state index contributed by atoms with van der Waals surface area (Å²) in [5.41, 5.74) is 0.975. The molecule has 1 aliphatic carbocycles. The molecule has 4 nitrogen and oxygen atoms in total. The Balaban J connectivity index is 1.73. The van der Waals surface area contributed by atoms with E-state index in [2.05, 4.69) is 27.3 Å². The number of hydrogen-bond donors (Lipinski definition) is 1. The van der Waals surface area contributed by atoms with Gasteiger partial charge in [0.25, 0.3) is 5.88 Å². The van der Waals surface area contributed by atoms with Crippen molar-refractivity contribution >= 4 is 0 Å². The number of hydrogen-bond acceptors (Lipinski definition) is 3. The molecule has 2 aromatic rings. The first-order chi connectivity index (χ1) is 8.90. The lowest BCUT2D eigenvalue weighted by atomic mass is 9.86. The molecule has 4 heteroatoms. The highest BCUT2D eigenvalue weighted by Crippen LogP contribution is 2.25. The van der Waals surface area contributed by atoms with E-state index >= 15 is 0 Å². The Morgan fingerprint density at radius 2 is 2.28 bits per heavy atom. The third kappa shape index (κ3) is 2.51. The Labute approximate surface area is 105 Å². The minimum atomic E-state index is 0.458. The second-order valence-electron chi connectivity index (χ2n) is 4.34. The number of benzene rings is 1. The molecule has 90 valence electrons. The van der Waals surface area contributed by atoms with E-state index in [9.17, 15) is 0 Å². The van der Waals surface area contributed by atoms with E-state index in [0.717, 1.165) is 11.3 Å². The second kappa shape index (κ2) is 4.92. The van der Waals surface area contributed by atoms with Gasteiger partial charge in [0.05, 0.1) is 0 Å². The van der Waals surface area contributed by atoms with E-state index in [0.29, 0.717) is 11.8 Å². The van der Waals surface area contributed by atoms with Crippen LogP contribution in [0.5, 0.6) is 11.6 Å². The summed E-state index contributed by atoms with van der Waals surface area (Å²) >= 11 is 0. The van der Waals surface area contributed by atoms with Crippen molar-refractivity contribution in [2.24, 2.45) is 5.92 Å². The molecule has 1 heterocycles. The molecule has 3 rings (SSSR count). The molecule has 1 aromatic carbocycles. The standard InChI is InChI=1S/C14H13N3O/c1-3-11(4-1)7-8-12-5-2-6-13(9-12)18-14-10-15-17-16-14/h2,5-6,9-11H,1,3-4H2,(H,15,16,17). The Kier molecular flexibility index (Phi) is 2.97. The molecule has 0 atom stereocenters. The van der Waals surface area contributed by atoms with Crippen LogP contribution in [0.4, 0.5) is 0 Å². The Morgan fingerprint density at radius 1 is 1.33 bits per heavy atom. The fraction of sp³-hybridized carbons (Fsp3) is 0.286. The Bertz CT molecular complexity index is 577. The van der Waals surface area contributed by atoms with E-state index in [-0.39, 0.29) is 0 Å². The van der Waals surface area contributed by atoms with Crippen molar-refractivity contribution in [3.63, 3.8) is 0 Å². The van der Waals surface area contributed by atoms with E-state index in [1.165, 1.54) is 25.5 Å². The van der Waals surface area contributed by atoms with Crippen LogP contribution in [-0.4, -0.2) is 15.4 Å². The van der Waals surface area contributed by atoms with Gasteiger partial charge in [-0.3, -0.25) is 0 Å². The molecule has 0 amide bonds. The number of H-pyrrole nitrogens is 1. The lowest BCUT2D eigenvalue weighted by Gasteiger charge is -2.18. The molecule has 0 radical (unpaired) electrons. The minimum absolute atomic E-state index is 0.458. The maximum atomic E-state index is 5.53. The highest BCUT2D eigenvalue weighted by atomic mass is 16.5. The zero-order chi connectivity index (χ0) is 12.2. The maximum absolute atomic E-state index is 5.53. The summed E-state index contributed by atoms with van der Waals surface area (Å²) < 4.78 is 5.53. The monoisotopic (exact) mass is 239 g/mol. The Morgan fingerprint density at radius 3 is 3.00 bits per heavy atom. The van der Waals surface area contributed by atoms with Gasteiger partial charge in [0.1, 0.15) is 11.9 Å². The van der Waals surface area contributed by atoms with Crippen LogP contribution in [-0.2, 0) is 0 Å². The van der Waals surface area contributed by atoms with Gasteiger partial charge in [-0.1, -0.05) is 24.3 Å². The molecule has 0 unspecified atom stereocenters. The van der Waals surface area contributed by atoms with Gasteiger partial charge in [-0.2, -0.15) is 10.3 Å². The predicted molar refractivity (Wildman–Crippen MR) is 67.1 cm³/mol. The Hall–Kier alpha value is -2.28. The predicted octanol–water partition coefficient (Wildman–Crippen LogP) is 2.75. The van der Waals surface area contributed by atoms with Crippen molar-refractivity contribution in [1.29, 1.82) is 0 Å². The topological polar surface area (TPSA) is 50.8 Å². The fourth-order valence-electron chi connectivity index (χ4n) is 1.74. The zero-order valence-corrected chi connectivity index (χ0v) is 9.89. The van der Waals surface area contributed by atoms with Gasteiger partial charge in [0, 0.05) is 11.5 Å². The van der Waals surface area contributed by atoms with E-state index in [4.69, 9.17) is 4.74 Å². The molecule has 1 N–H and O–H groups in total. The third-order valence-corrected chi connectivity index (χ3v) is 2.98. The van der Waals surface area contributed by atoms with Gasteiger partial charge in [0.15, 0.2) is 0 Å². The van der Waals surface area contributed by atoms with Crippen molar-refractivity contribution in [2.45, 2.75) is 19.3 Å². The summed E-state index contributed by atoms with van der Waals surface area (Å²) in [5, 5.41) is 10.0. The SMILES string of the molecule is C(#CC1CCC1)c1cccc(Oc2cn[nH]n2)c1. The van der Waals surface area contributed by atoms with Gasteiger partial charge < -0.3 is 4.74 Å². The summed E-state index contributed by atoms with van der Waals surface area (Å²) in [6, 6.07) is 7.71. The smallest absolute Gasteiger partial charge is 0.258 e. The summed E-state index contributed by atoms with van der Waals surface area (Å²) in [6.07, 6.45) is 5.33. The number of aromatic nitrogens is 3. The molecular formula is C14H13N3O. The number of aromatic amines is 1. The lowest BCUT2D eigenvalue weighted by molar-refractivity contribution is 0.401. The quantitative estimate of drug-likeness (QED) is 0.820. The number of nitrogens with zero attached hydrogens (tertiary/aromatic N) is 2. The molecule has 1 saturated carbocycles. The van der Waals surface area contributed by atoms with E-state index < -0.39 is 0 Å². The summed E-state index contributed by atoms with van der Waals surface area (Å²) in [5.74, 6) is 8.25. The van der Waals surface area contributed by atoms with Crippen molar-refractivity contribution < 1.29 is 4.74 Å². The van der Waals surface area contributed by atoms with Crippen LogP contribution in [0.3, 0.4) is 0 Å². The summed E-state index contributed by atoms with van der Waals surface area (Å²) in [7, 11) is 0. The highest BCUT2D eigenvalue weighted by molar-refractivity contribution is 5.41. The average molecular weight is 239 g/mol. The zero-order valence-electron chi connectivity index (χ0n) is 9.89.